The van der Waals surface area contributed by atoms with E-state index in [1.54, 1.807) is 4.90 Å². The van der Waals surface area contributed by atoms with Crippen molar-refractivity contribution in [3.63, 3.8) is 0 Å². The summed E-state index contributed by atoms with van der Waals surface area (Å²) in [5.41, 5.74) is 5.48. The minimum Gasteiger partial charge on any atom is -0.480 e. The molecule has 16 heteroatoms. The molecule has 0 radical (unpaired) electrons. The number of aliphatic hydroxyl groups is 2. The first-order valence-electron chi connectivity index (χ1n) is 19.5. The number of aliphatic carboxylic acids is 1. The predicted molar refractivity (Wildman–Crippen MR) is 197 cm³/mol. The number of carbonyl (C=O) groups is 6. The van der Waals surface area contributed by atoms with Gasteiger partial charge in [-0.3, -0.25) is 28.8 Å². The highest BCUT2D eigenvalue weighted by Gasteiger charge is 2.50. The Morgan fingerprint density at radius 3 is 1.94 bits per heavy atom. The third-order valence-corrected chi connectivity index (χ3v) is 9.42. The highest BCUT2D eigenvalue weighted by atomic mass is 16.6. The Balaban J connectivity index is 3.23. The van der Waals surface area contributed by atoms with E-state index in [1.807, 2.05) is 0 Å². The van der Waals surface area contributed by atoms with Crippen molar-refractivity contribution in [2.45, 2.75) is 186 Å². The second-order valence-electron chi connectivity index (χ2n) is 14.1. The first kappa shape index (κ1) is 47.7. The molecule has 0 aromatic heterocycles. The molecular weight excluding hydrogens is 690 g/mol. The maximum Gasteiger partial charge on any atom is 0.325 e. The third-order valence-electron chi connectivity index (χ3n) is 9.42. The first-order chi connectivity index (χ1) is 25.2. The smallest absolute Gasteiger partial charge is 0.325 e. The Labute approximate surface area is 314 Å². The van der Waals surface area contributed by atoms with Crippen LogP contribution >= 0.6 is 0 Å². The van der Waals surface area contributed by atoms with Crippen molar-refractivity contribution in [1.82, 2.24) is 20.9 Å². The van der Waals surface area contributed by atoms with Crippen molar-refractivity contribution in [2.75, 3.05) is 13.2 Å². The Morgan fingerprint density at radius 2 is 1.42 bits per heavy atom. The second kappa shape index (κ2) is 26.4. The lowest BCUT2D eigenvalue weighted by atomic mass is 9.94. The molecule has 0 aromatic carbocycles. The van der Waals surface area contributed by atoms with Crippen molar-refractivity contribution in [1.29, 1.82) is 0 Å². The van der Waals surface area contributed by atoms with Crippen LogP contribution in [0.1, 0.15) is 137 Å². The van der Waals surface area contributed by atoms with Crippen molar-refractivity contribution >= 4 is 35.5 Å². The average molecular weight is 758 g/mol. The van der Waals surface area contributed by atoms with Crippen molar-refractivity contribution in [2.24, 2.45) is 5.73 Å². The Morgan fingerprint density at radius 1 is 0.849 bits per heavy atom. The monoisotopic (exact) mass is 757 g/mol. The zero-order valence-corrected chi connectivity index (χ0v) is 32.5. The quantitative estimate of drug-likeness (QED) is 0.0569. The number of carboxylic acids is 1. The van der Waals surface area contributed by atoms with Gasteiger partial charge in [0.15, 0.2) is 6.23 Å². The fraction of sp³-hybridized carbons (Fsp3) is 0.838. The van der Waals surface area contributed by atoms with Gasteiger partial charge in [-0.2, -0.15) is 0 Å². The number of rotatable bonds is 28. The molecule has 1 fully saturated rings. The van der Waals surface area contributed by atoms with E-state index in [0.717, 1.165) is 64.2 Å². The summed E-state index contributed by atoms with van der Waals surface area (Å²) in [5.74, 6) is -4.39. The van der Waals surface area contributed by atoms with Gasteiger partial charge in [0, 0.05) is 26.3 Å². The summed E-state index contributed by atoms with van der Waals surface area (Å²) in [7, 11) is 0. The molecule has 0 bridgehead atoms. The molecule has 0 aromatic rings. The zero-order valence-electron chi connectivity index (χ0n) is 32.5. The highest BCUT2D eigenvalue weighted by Crippen LogP contribution is 2.28. The minimum atomic E-state index is -1.54. The summed E-state index contributed by atoms with van der Waals surface area (Å²) in [6.45, 7) is 7.83. The van der Waals surface area contributed by atoms with E-state index in [1.165, 1.54) is 27.2 Å². The molecule has 5 amide bonds. The fourth-order valence-electron chi connectivity index (χ4n) is 6.26. The van der Waals surface area contributed by atoms with Gasteiger partial charge in [0.2, 0.25) is 29.5 Å². The molecular formula is C37H67N5O11. The maximum absolute atomic E-state index is 13.9. The largest absolute Gasteiger partial charge is 0.480 e. The van der Waals surface area contributed by atoms with Gasteiger partial charge < -0.3 is 51.4 Å². The first-order valence-corrected chi connectivity index (χ1v) is 19.5. The molecule has 1 aliphatic rings. The average Bonchev–Trinajstić information content (AvgIpc) is 3.10. The Bertz CT molecular complexity index is 1140. The van der Waals surface area contributed by atoms with Crippen molar-refractivity contribution in [3.05, 3.63) is 0 Å². The number of carbonyl (C=O) groups excluding carboxylic acids is 5. The van der Waals surface area contributed by atoms with Crippen molar-refractivity contribution in [3.8, 4) is 0 Å². The van der Waals surface area contributed by atoms with E-state index in [-0.39, 0.29) is 25.2 Å². The Kier molecular flexibility index (Phi) is 23.8. The number of nitrogens with zero attached hydrogens (tertiary/aromatic N) is 1. The topological polar surface area (TPSA) is 247 Å². The number of ether oxygens (including phenoxy) is 2. The van der Waals surface area contributed by atoms with Gasteiger partial charge in [-0.1, -0.05) is 84.5 Å². The van der Waals surface area contributed by atoms with Gasteiger partial charge in [-0.25, -0.2) is 0 Å². The summed E-state index contributed by atoms with van der Waals surface area (Å²) in [5, 5.41) is 38.0. The normalized spacial score (nSPS) is 21.5. The molecule has 1 rings (SSSR count). The second-order valence-corrected chi connectivity index (χ2v) is 14.1. The van der Waals surface area contributed by atoms with E-state index in [9.17, 15) is 39.0 Å². The summed E-state index contributed by atoms with van der Waals surface area (Å²) < 4.78 is 12.2. The molecule has 1 heterocycles. The number of amides is 5. The van der Waals surface area contributed by atoms with E-state index < -0.39 is 85.0 Å². The van der Waals surface area contributed by atoms with Crippen LogP contribution in [0.15, 0.2) is 0 Å². The van der Waals surface area contributed by atoms with Crippen LogP contribution in [0, 0.1) is 0 Å². The lowest BCUT2D eigenvalue weighted by molar-refractivity contribution is -0.245. The van der Waals surface area contributed by atoms with E-state index in [2.05, 4.69) is 29.8 Å². The van der Waals surface area contributed by atoms with E-state index in [4.69, 9.17) is 20.3 Å². The standard InChI is InChI=1S/C37H67N5O11/c1-6-8-10-12-14-15-17-19-30(46)42(22-18-16-13-11-9-7-2)36-31(40-26(5)44)33(32(47)28(23-43)53-36)52-25(4)35(49)41-27(34(38)48)20-21-29(45)39-24(3)37(50)51/h24-25,27-28,31-33,36,43,47H,6-23H2,1-5H3,(H2,38,48)(H,39,45)(H,40,44)(H,41,49)(H,50,51)/t24?,25?,27?,28-,31-,32-,33-,36?/m1/s1. The van der Waals surface area contributed by atoms with Gasteiger partial charge in [0.25, 0.3) is 0 Å². The van der Waals surface area contributed by atoms with Crippen LogP contribution in [-0.2, 0) is 38.2 Å². The molecule has 53 heavy (non-hydrogen) atoms. The van der Waals surface area contributed by atoms with Crippen LogP contribution < -0.4 is 21.7 Å². The number of hydrogen-bond acceptors (Lipinski definition) is 10. The molecule has 306 valence electrons. The Hall–Kier alpha value is -3.34. The van der Waals surface area contributed by atoms with E-state index >= 15 is 0 Å². The van der Waals surface area contributed by atoms with E-state index in [0.29, 0.717) is 19.4 Å². The zero-order chi connectivity index (χ0) is 39.9. The summed E-state index contributed by atoms with van der Waals surface area (Å²) in [4.78, 5) is 76.7. The van der Waals surface area contributed by atoms with Gasteiger partial charge in [-0.15, -0.1) is 0 Å². The molecule has 8 atom stereocenters. The lowest BCUT2D eigenvalue weighted by Gasteiger charge is -2.48. The van der Waals surface area contributed by atoms with Gasteiger partial charge in [-0.05, 0) is 33.1 Å². The van der Waals surface area contributed by atoms with Gasteiger partial charge >= 0.3 is 5.97 Å². The molecule has 0 spiro atoms. The molecule has 0 aliphatic carbocycles. The minimum absolute atomic E-state index is 0.198. The summed E-state index contributed by atoms with van der Waals surface area (Å²) in [6.07, 6.45) is 6.02. The lowest BCUT2D eigenvalue weighted by Crippen LogP contribution is -2.70. The predicted octanol–water partition coefficient (Wildman–Crippen LogP) is 2.01. The van der Waals surface area contributed by atoms with Crippen LogP contribution in [0.4, 0.5) is 0 Å². The molecule has 16 nitrogen and oxygen atoms in total. The third kappa shape index (κ3) is 18.0. The number of hydrogen-bond donors (Lipinski definition) is 7. The number of nitrogens with two attached hydrogens (primary N) is 1. The van der Waals surface area contributed by atoms with Crippen LogP contribution in [0.2, 0.25) is 0 Å². The maximum atomic E-state index is 13.9. The van der Waals surface area contributed by atoms with Crippen molar-refractivity contribution < 1.29 is 53.6 Å². The fourth-order valence-corrected chi connectivity index (χ4v) is 6.26. The highest BCUT2D eigenvalue weighted by molar-refractivity contribution is 5.89. The molecule has 8 N–H and O–H groups in total. The molecule has 4 unspecified atom stereocenters. The molecule has 1 aliphatic heterocycles. The molecule has 0 saturated carbocycles. The summed E-state index contributed by atoms with van der Waals surface area (Å²) in [6, 6.07) is -3.63. The number of carboxylic acid groups (broad SMARTS) is 1. The number of nitrogens with one attached hydrogen (secondary N) is 3. The number of aliphatic hydroxyl groups excluding tert-OH is 2. The molecule has 1 saturated heterocycles. The number of unbranched alkanes of at least 4 members (excludes halogenated alkanes) is 11. The SMILES string of the molecule is CCCCCCCCCC(=O)N(CCCCCCCC)C1O[C@H](CO)[C@@H](O)[C@H](OC(C)C(=O)NC(CCC(=O)NC(C)C(=O)O)C(N)=O)[C@H]1NC(C)=O. The van der Waals surface area contributed by atoms with Gasteiger partial charge in [0.05, 0.1) is 6.61 Å². The summed E-state index contributed by atoms with van der Waals surface area (Å²) >= 11 is 0. The van der Waals surface area contributed by atoms with Crippen LogP contribution in [0.3, 0.4) is 0 Å². The van der Waals surface area contributed by atoms with Crippen LogP contribution in [0.25, 0.3) is 0 Å². The van der Waals surface area contributed by atoms with Gasteiger partial charge in [0.1, 0.15) is 42.5 Å². The van der Waals surface area contributed by atoms with Crippen LogP contribution in [-0.4, -0.2) is 118 Å². The number of primary amides is 1. The van der Waals surface area contributed by atoms with Crippen LogP contribution in [0.5, 0.6) is 0 Å².